The van der Waals surface area contributed by atoms with Crippen LogP contribution in [0.15, 0.2) is 48.5 Å². The van der Waals surface area contributed by atoms with Crippen LogP contribution in [0.25, 0.3) is 0 Å². The van der Waals surface area contributed by atoms with E-state index in [0.717, 1.165) is 0 Å². The van der Waals surface area contributed by atoms with Gasteiger partial charge in [-0.15, -0.1) is 0 Å². The van der Waals surface area contributed by atoms with Crippen LogP contribution in [0, 0.1) is 0 Å². The molecule has 3 rings (SSSR count). The minimum Gasteiger partial charge on any atom is -0.482 e. The van der Waals surface area contributed by atoms with Crippen LogP contribution in [0.4, 0.5) is 11.4 Å². The Morgan fingerprint density at radius 2 is 1.80 bits per heavy atom. The van der Waals surface area contributed by atoms with Gasteiger partial charge < -0.3 is 10.1 Å². The fourth-order valence-corrected chi connectivity index (χ4v) is 2.72. The Morgan fingerprint density at radius 3 is 2.48 bits per heavy atom. The Bertz CT molecular complexity index is 791. The molecular formula is C20H22N2O3. The molecule has 1 aliphatic heterocycles. The first-order valence-electron chi connectivity index (χ1n) is 8.27. The van der Waals surface area contributed by atoms with Gasteiger partial charge in [0.2, 0.25) is 5.91 Å². The van der Waals surface area contributed by atoms with Crippen molar-refractivity contribution in [2.75, 3.05) is 23.4 Å². The zero-order valence-corrected chi connectivity index (χ0v) is 14.7. The number of hydrogen-bond acceptors (Lipinski definition) is 3. The summed E-state index contributed by atoms with van der Waals surface area (Å²) in [6, 6.07) is 15.0. The first-order chi connectivity index (χ1) is 11.8. The summed E-state index contributed by atoms with van der Waals surface area (Å²) < 4.78 is 5.39. The number of carbonyl (C=O) groups excluding carboxylic acids is 2. The van der Waals surface area contributed by atoms with Gasteiger partial charge in [-0.3, -0.25) is 14.5 Å². The molecule has 0 saturated heterocycles. The summed E-state index contributed by atoms with van der Waals surface area (Å²) in [7, 11) is 0. The molecule has 2 amide bonds. The van der Waals surface area contributed by atoms with Crippen molar-refractivity contribution in [2.45, 2.75) is 26.2 Å². The summed E-state index contributed by atoms with van der Waals surface area (Å²) in [6.07, 6.45) is 0. The van der Waals surface area contributed by atoms with E-state index in [9.17, 15) is 9.59 Å². The summed E-state index contributed by atoms with van der Waals surface area (Å²) >= 11 is 0. The number of hydrogen-bond donors (Lipinski definition) is 1. The molecule has 1 N–H and O–H groups in total. The highest BCUT2D eigenvalue weighted by Crippen LogP contribution is 2.31. The Kier molecular flexibility index (Phi) is 4.49. The lowest BCUT2D eigenvalue weighted by Crippen LogP contribution is -2.43. The number of anilines is 2. The number of carbonyl (C=O) groups is 2. The van der Waals surface area contributed by atoms with Crippen LogP contribution < -0.4 is 15.0 Å². The normalized spacial score (nSPS) is 13.9. The van der Waals surface area contributed by atoms with Crippen molar-refractivity contribution < 1.29 is 14.3 Å². The molecule has 130 valence electrons. The molecule has 0 atom stereocenters. The van der Waals surface area contributed by atoms with Crippen molar-refractivity contribution in [3.63, 3.8) is 0 Å². The number of nitrogens with one attached hydrogen (secondary N) is 1. The van der Waals surface area contributed by atoms with Crippen molar-refractivity contribution in [1.82, 2.24) is 0 Å². The van der Waals surface area contributed by atoms with E-state index in [1.807, 2.05) is 36.4 Å². The Labute approximate surface area is 147 Å². The van der Waals surface area contributed by atoms with Gasteiger partial charge >= 0.3 is 0 Å². The third kappa shape index (κ3) is 3.82. The molecule has 2 aromatic carbocycles. The molecule has 25 heavy (non-hydrogen) atoms. The summed E-state index contributed by atoms with van der Waals surface area (Å²) in [5.41, 5.74) is 2.60. The minimum atomic E-state index is -0.242. The molecule has 5 nitrogen and oxygen atoms in total. The fraction of sp³-hybridized carbons (Fsp3) is 0.300. The standard InChI is InChI=1S/C20H22N2O3/c1-20(2,3)14-8-10-15(11-9-14)21-18(23)12-22-16-6-4-5-7-17(16)25-13-19(22)24/h4-11H,12-13H2,1-3H3,(H,21,23). The number of ether oxygens (including phenoxy) is 1. The highest BCUT2D eigenvalue weighted by Gasteiger charge is 2.27. The van der Waals surface area contributed by atoms with E-state index in [1.165, 1.54) is 10.5 Å². The van der Waals surface area contributed by atoms with Gasteiger partial charge in [0.1, 0.15) is 12.3 Å². The summed E-state index contributed by atoms with van der Waals surface area (Å²) in [4.78, 5) is 25.9. The van der Waals surface area contributed by atoms with Crippen molar-refractivity contribution >= 4 is 23.2 Å². The van der Waals surface area contributed by atoms with Gasteiger partial charge in [-0.1, -0.05) is 45.0 Å². The lowest BCUT2D eigenvalue weighted by molar-refractivity contribution is -0.123. The van der Waals surface area contributed by atoms with Crippen molar-refractivity contribution in [3.05, 3.63) is 54.1 Å². The SMILES string of the molecule is CC(C)(C)c1ccc(NC(=O)CN2C(=O)COc3ccccc32)cc1. The molecule has 0 fully saturated rings. The highest BCUT2D eigenvalue weighted by molar-refractivity contribution is 6.04. The quantitative estimate of drug-likeness (QED) is 0.934. The molecule has 0 aromatic heterocycles. The lowest BCUT2D eigenvalue weighted by Gasteiger charge is -2.28. The average molecular weight is 338 g/mol. The van der Waals surface area contributed by atoms with E-state index < -0.39 is 0 Å². The summed E-state index contributed by atoms with van der Waals surface area (Å²) in [5.74, 6) is 0.148. The largest absolute Gasteiger partial charge is 0.482 e. The molecule has 1 aliphatic rings. The predicted octanol–water partition coefficient (Wildman–Crippen LogP) is 3.35. The topological polar surface area (TPSA) is 58.6 Å². The van der Waals surface area contributed by atoms with E-state index in [-0.39, 0.29) is 30.4 Å². The van der Waals surface area contributed by atoms with E-state index in [2.05, 4.69) is 26.1 Å². The molecule has 0 unspecified atom stereocenters. The maximum Gasteiger partial charge on any atom is 0.265 e. The number of benzene rings is 2. The third-order valence-corrected chi connectivity index (χ3v) is 4.14. The van der Waals surface area contributed by atoms with E-state index in [0.29, 0.717) is 17.1 Å². The maximum absolute atomic E-state index is 12.4. The molecule has 0 spiro atoms. The second kappa shape index (κ2) is 6.59. The van der Waals surface area contributed by atoms with Gasteiger partial charge in [0.15, 0.2) is 6.61 Å². The Balaban J connectivity index is 1.70. The molecule has 2 aromatic rings. The van der Waals surface area contributed by atoms with Crippen LogP contribution in [-0.2, 0) is 15.0 Å². The Hall–Kier alpha value is -2.82. The summed E-state index contributed by atoms with van der Waals surface area (Å²) in [6.45, 7) is 6.33. The number of amides is 2. The molecule has 0 bridgehead atoms. The van der Waals surface area contributed by atoms with Crippen molar-refractivity contribution in [2.24, 2.45) is 0 Å². The zero-order valence-electron chi connectivity index (χ0n) is 14.7. The molecule has 0 radical (unpaired) electrons. The Morgan fingerprint density at radius 1 is 1.12 bits per heavy atom. The van der Waals surface area contributed by atoms with Gasteiger partial charge in [-0.2, -0.15) is 0 Å². The van der Waals surface area contributed by atoms with E-state index in [4.69, 9.17) is 4.74 Å². The smallest absolute Gasteiger partial charge is 0.265 e. The summed E-state index contributed by atoms with van der Waals surface area (Å²) in [5, 5.41) is 2.85. The monoisotopic (exact) mass is 338 g/mol. The molecular weight excluding hydrogens is 316 g/mol. The van der Waals surface area contributed by atoms with Gasteiger partial charge in [-0.25, -0.2) is 0 Å². The van der Waals surface area contributed by atoms with Crippen LogP contribution in [0.1, 0.15) is 26.3 Å². The van der Waals surface area contributed by atoms with Crippen molar-refractivity contribution in [3.8, 4) is 5.75 Å². The number of rotatable bonds is 3. The molecule has 0 aliphatic carbocycles. The van der Waals surface area contributed by atoms with Gasteiger partial charge in [0.25, 0.3) is 5.91 Å². The highest BCUT2D eigenvalue weighted by atomic mass is 16.5. The molecule has 1 heterocycles. The van der Waals surface area contributed by atoms with Crippen molar-refractivity contribution in [1.29, 1.82) is 0 Å². The van der Waals surface area contributed by atoms with Gasteiger partial charge in [0, 0.05) is 5.69 Å². The fourth-order valence-electron chi connectivity index (χ4n) is 2.72. The number of fused-ring (bicyclic) bond motifs is 1. The molecule has 0 saturated carbocycles. The second-order valence-corrected chi connectivity index (χ2v) is 7.11. The maximum atomic E-state index is 12.4. The van der Waals surface area contributed by atoms with E-state index >= 15 is 0 Å². The minimum absolute atomic E-state index is 0.0414. The van der Waals surface area contributed by atoms with E-state index in [1.54, 1.807) is 12.1 Å². The lowest BCUT2D eigenvalue weighted by atomic mass is 9.87. The van der Waals surface area contributed by atoms with Crippen LogP contribution >= 0.6 is 0 Å². The number of para-hydroxylation sites is 2. The van der Waals surface area contributed by atoms with Gasteiger partial charge in [0.05, 0.1) is 5.69 Å². The first-order valence-corrected chi connectivity index (χ1v) is 8.27. The van der Waals surface area contributed by atoms with Crippen LogP contribution in [-0.4, -0.2) is 25.0 Å². The second-order valence-electron chi connectivity index (χ2n) is 7.11. The van der Waals surface area contributed by atoms with Crippen LogP contribution in [0.3, 0.4) is 0 Å². The van der Waals surface area contributed by atoms with Crippen LogP contribution in [0.5, 0.6) is 5.75 Å². The predicted molar refractivity (Wildman–Crippen MR) is 98.1 cm³/mol. The van der Waals surface area contributed by atoms with Gasteiger partial charge in [-0.05, 0) is 35.2 Å². The zero-order chi connectivity index (χ0) is 18.0. The first kappa shape index (κ1) is 17.0. The van der Waals surface area contributed by atoms with Crippen LogP contribution in [0.2, 0.25) is 0 Å². The average Bonchev–Trinajstić information content (AvgIpc) is 2.57. The molecule has 5 heteroatoms. The third-order valence-electron chi connectivity index (χ3n) is 4.14. The number of nitrogens with zero attached hydrogens (tertiary/aromatic N) is 1.